The summed E-state index contributed by atoms with van der Waals surface area (Å²) in [6.07, 6.45) is 0.841. The molecule has 1 aliphatic heterocycles. The van der Waals surface area contributed by atoms with Crippen molar-refractivity contribution in [3.63, 3.8) is 0 Å². The molecule has 0 aromatic rings. The Bertz CT molecular complexity index is 107. The highest BCUT2D eigenvalue weighted by atomic mass is 16.6. The van der Waals surface area contributed by atoms with Crippen LogP contribution in [0.4, 0.5) is 0 Å². The molecule has 1 unspecified atom stereocenters. The second-order valence-electron chi connectivity index (χ2n) is 2.56. The molecule has 1 aliphatic rings. The molecule has 1 fully saturated rings. The third kappa shape index (κ3) is 1.22. The summed E-state index contributed by atoms with van der Waals surface area (Å²) >= 11 is 0. The number of hydrogen-bond donors (Lipinski definition) is 0. The normalized spacial score (nSPS) is 25.9. The number of rotatable bonds is 2. The molecule has 0 radical (unpaired) electrons. The van der Waals surface area contributed by atoms with Crippen LogP contribution >= 0.6 is 0 Å². The fourth-order valence-corrected chi connectivity index (χ4v) is 0.679. The van der Waals surface area contributed by atoms with Gasteiger partial charge in [-0.1, -0.05) is 13.8 Å². The van der Waals surface area contributed by atoms with E-state index >= 15 is 0 Å². The van der Waals surface area contributed by atoms with E-state index in [-0.39, 0.29) is 12.1 Å². The van der Waals surface area contributed by atoms with Crippen molar-refractivity contribution in [2.24, 2.45) is 5.92 Å². The predicted molar refractivity (Wildman–Crippen MR) is 29.3 cm³/mol. The number of epoxide rings is 1. The van der Waals surface area contributed by atoms with Crippen molar-refractivity contribution in [2.45, 2.75) is 26.4 Å². The second-order valence-corrected chi connectivity index (χ2v) is 2.56. The van der Waals surface area contributed by atoms with Crippen LogP contribution in [0.15, 0.2) is 0 Å². The van der Waals surface area contributed by atoms with Crippen molar-refractivity contribution in [3.05, 3.63) is 0 Å². The Kier molecular flexibility index (Phi) is 1.24. The highest BCUT2D eigenvalue weighted by molar-refractivity contribution is 5.87. The zero-order chi connectivity index (χ0) is 6.15. The van der Waals surface area contributed by atoms with Gasteiger partial charge in [-0.15, -0.1) is 0 Å². The van der Waals surface area contributed by atoms with E-state index in [0.717, 1.165) is 6.42 Å². The minimum atomic E-state index is -0.0463. The molecule has 0 N–H and O–H groups in total. The van der Waals surface area contributed by atoms with Crippen LogP contribution in [-0.4, -0.2) is 12.1 Å². The van der Waals surface area contributed by atoms with Crippen LogP contribution in [0.25, 0.3) is 0 Å². The van der Waals surface area contributed by atoms with Crippen LogP contribution in [0.2, 0.25) is 0 Å². The van der Waals surface area contributed by atoms with Crippen molar-refractivity contribution < 1.29 is 9.53 Å². The number of ether oxygens (including phenoxy) is 1. The average Bonchev–Trinajstić information content (AvgIpc) is 2.17. The molecule has 0 amide bonds. The lowest BCUT2D eigenvalue weighted by atomic mass is 10.1. The number of hydrogen-bond acceptors (Lipinski definition) is 2. The standard InChI is InChI=1S/C6H10O2/c1-4(2)3-5-6(7)8-5/h4-5H,3H2,1-2H3. The van der Waals surface area contributed by atoms with Gasteiger partial charge in [-0.2, -0.15) is 0 Å². The van der Waals surface area contributed by atoms with Crippen molar-refractivity contribution in [1.29, 1.82) is 0 Å². The molecule has 1 atom stereocenters. The number of carbonyl (C=O) groups is 1. The van der Waals surface area contributed by atoms with Gasteiger partial charge in [0.2, 0.25) is 0 Å². The van der Waals surface area contributed by atoms with Crippen LogP contribution in [0.5, 0.6) is 0 Å². The molecule has 1 rings (SSSR count). The summed E-state index contributed by atoms with van der Waals surface area (Å²) in [6.45, 7) is 4.16. The molecule has 0 bridgehead atoms. The van der Waals surface area contributed by atoms with Crippen LogP contribution in [-0.2, 0) is 9.53 Å². The topological polar surface area (TPSA) is 29.6 Å². The summed E-state index contributed by atoms with van der Waals surface area (Å²) in [4.78, 5) is 10.2. The van der Waals surface area contributed by atoms with Gasteiger partial charge in [0.05, 0.1) is 0 Å². The third-order valence-electron chi connectivity index (χ3n) is 1.15. The lowest BCUT2D eigenvalue weighted by Crippen LogP contribution is -1.94. The summed E-state index contributed by atoms with van der Waals surface area (Å²) in [7, 11) is 0. The molecule has 0 aromatic carbocycles. The first-order valence-corrected chi connectivity index (χ1v) is 2.90. The summed E-state index contributed by atoms with van der Waals surface area (Å²) < 4.78 is 4.59. The van der Waals surface area contributed by atoms with Gasteiger partial charge in [-0.25, -0.2) is 4.79 Å². The van der Waals surface area contributed by atoms with E-state index in [1.807, 2.05) is 0 Å². The Morgan fingerprint density at radius 1 is 1.75 bits per heavy atom. The highest BCUT2D eigenvalue weighted by Gasteiger charge is 2.37. The molecule has 0 saturated carbocycles. The van der Waals surface area contributed by atoms with Gasteiger partial charge in [0, 0.05) is 0 Å². The van der Waals surface area contributed by atoms with Gasteiger partial charge in [0.25, 0.3) is 0 Å². The predicted octanol–water partition coefficient (Wildman–Crippen LogP) is 0.958. The van der Waals surface area contributed by atoms with Crippen LogP contribution in [0.1, 0.15) is 20.3 Å². The van der Waals surface area contributed by atoms with Gasteiger partial charge < -0.3 is 4.74 Å². The molecule has 1 saturated heterocycles. The first-order valence-electron chi connectivity index (χ1n) is 2.90. The lowest BCUT2D eigenvalue weighted by Gasteiger charge is -1.94. The molecule has 8 heavy (non-hydrogen) atoms. The Balaban J connectivity index is 2.13. The molecule has 2 heteroatoms. The van der Waals surface area contributed by atoms with E-state index in [0.29, 0.717) is 5.92 Å². The molecule has 0 aromatic heterocycles. The number of carbonyl (C=O) groups excluding carboxylic acids is 1. The number of cyclic esters (lactones) is 1. The van der Waals surface area contributed by atoms with Crippen molar-refractivity contribution in [1.82, 2.24) is 0 Å². The Morgan fingerprint density at radius 3 is 2.38 bits per heavy atom. The minimum Gasteiger partial charge on any atom is -0.448 e. The quantitative estimate of drug-likeness (QED) is 0.500. The Morgan fingerprint density at radius 2 is 2.25 bits per heavy atom. The third-order valence-corrected chi connectivity index (χ3v) is 1.15. The van der Waals surface area contributed by atoms with Gasteiger partial charge in [-0.3, -0.25) is 0 Å². The minimum absolute atomic E-state index is 0.0290. The smallest absolute Gasteiger partial charge is 0.348 e. The zero-order valence-corrected chi connectivity index (χ0v) is 5.18. The Hall–Kier alpha value is -0.530. The summed E-state index contributed by atoms with van der Waals surface area (Å²) in [5.41, 5.74) is 0. The summed E-state index contributed by atoms with van der Waals surface area (Å²) in [5, 5.41) is 0. The highest BCUT2D eigenvalue weighted by Crippen LogP contribution is 2.20. The SMILES string of the molecule is CC(C)CC1OC1=O. The van der Waals surface area contributed by atoms with E-state index in [4.69, 9.17) is 0 Å². The largest absolute Gasteiger partial charge is 0.448 e. The molecule has 0 aliphatic carbocycles. The Labute approximate surface area is 48.8 Å². The average molecular weight is 114 g/mol. The van der Waals surface area contributed by atoms with Crippen molar-refractivity contribution >= 4 is 5.97 Å². The van der Waals surface area contributed by atoms with Gasteiger partial charge in [-0.05, 0) is 12.3 Å². The van der Waals surface area contributed by atoms with E-state index in [1.165, 1.54) is 0 Å². The van der Waals surface area contributed by atoms with Crippen molar-refractivity contribution in [3.8, 4) is 0 Å². The molecule has 2 nitrogen and oxygen atoms in total. The van der Waals surface area contributed by atoms with Crippen LogP contribution in [0, 0.1) is 5.92 Å². The maximum atomic E-state index is 10.2. The molecular formula is C6H10O2. The summed E-state index contributed by atoms with van der Waals surface area (Å²) in [6, 6.07) is 0. The zero-order valence-electron chi connectivity index (χ0n) is 5.18. The van der Waals surface area contributed by atoms with Crippen LogP contribution < -0.4 is 0 Å². The first-order chi connectivity index (χ1) is 3.70. The van der Waals surface area contributed by atoms with E-state index in [1.54, 1.807) is 0 Å². The van der Waals surface area contributed by atoms with E-state index in [2.05, 4.69) is 18.6 Å². The second kappa shape index (κ2) is 1.77. The maximum absolute atomic E-state index is 10.2. The first kappa shape index (κ1) is 5.60. The van der Waals surface area contributed by atoms with E-state index < -0.39 is 0 Å². The lowest BCUT2D eigenvalue weighted by molar-refractivity contribution is -0.117. The maximum Gasteiger partial charge on any atom is 0.348 e. The monoisotopic (exact) mass is 114 g/mol. The molecule has 0 spiro atoms. The molecule has 1 heterocycles. The fourth-order valence-electron chi connectivity index (χ4n) is 0.679. The van der Waals surface area contributed by atoms with Gasteiger partial charge in [0.1, 0.15) is 0 Å². The van der Waals surface area contributed by atoms with Gasteiger partial charge in [0.15, 0.2) is 6.10 Å². The van der Waals surface area contributed by atoms with Crippen LogP contribution in [0.3, 0.4) is 0 Å². The molecule has 46 valence electrons. The van der Waals surface area contributed by atoms with E-state index in [9.17, 15) is 4.79 Å². The van der Waals surface area contributed by atoms with Crippen molar-refractivity contribution in [2.75, 3.05) is 0 Å². The summed E-state index contributed by atoms with van der Waals surface area (Å²) in [5.74, 6) is 0.546. The molecular weight excluding hydrogens is 104 g/mol. The van der Waals surface area contributed by atoms with Gasteiger partial charge >= 0.3 is 5.97 Å². The fraction of sp³-hybridized carbons (Fsp3) is 0.833.